The number of hydrogen-bond donors (Lipinski definition) is 1. The van der Waals surface area contributed by atoms with Crippen molar-refractivity contribution in [2.45, 2.75) is 12.6 Å². The molecule has 1 atom stereocenters. The van der Waals surface area contributed by atoms with E-state index in [1.54, 1.807) is 29.2 Å². The molecule has 200 valence electrons. The van der Waals surface area contributed by atoms with Crippen molar-refractivity contribution in [2.75, 3.05) is 29.9 Å². The van der Waals surface area contributed by atoms with Crippen molar-refractivity contribution in [3.8, 4) is 11.1 Å². The van der Waals surface area contributed by atoms with Crippen LogP contribution in [0, 0.1) is 0 Å². The topological polar surface area (TPSA) is 79.0 Å². The number of hydrogen-bond acceptors (Lipinski definition) is 5. The van der Waals surface area contributed by atoms with E-state index >= 15 is 0 Å². The molecule has 2 amide bonds. The summed E-state index contributed by atoms with van der Waals surface area (Å²) in [6, 6.07) is 29.6. The Bertz CT molecular complexity index is 1610. The third-order valence-corrected chi connectivity index (χ3v) is 7.61. The maximum Gasteiger partial charge on any atom is 0.320 e. The van der Waals surface area contributed by atoms with Crippen LogP contribution < -0.4 is 10.2 Å². The van der Waals surface area contributed by atoms with Crippen molar-refractivity contribution < 1.29 is 19.1 Å². The van der Waals surface area contributed by atoms with Gasteiger partial charge >= 0.3 is 5.97 Å². The lowest BCUT2D eigenvalue weighted by Crippen LogP contribution is -2.51. The summed E-state index contributed by atoms with van der Waals surface area (Å²) in [5.41, 5.74) is 4.82. The highest BCUT2D eigenvalue weighted by molar-refractivity contribution is 6.35. The fraction of sp³-hybridized carbons (Fsp3) is 0.156. The van der Waals surface area contributed by atoms with Gasteiger partial charge in [0.1, 0.15) is 6.61 Å². The van der Waals surface area contributed by atoms with Gasteiger partial charge in [0, 0.05) is 30.0 Å². The largest absolute Gasteiger partial charge is 0.463 e. The number of ether oxygens (including phenoxy) is 1. The molecule has 0 saturated carbocycles. The monoisotopic (exact) mass is 551 g/mol. The molecule has 4 aromatic carbocycles. The Balaban J connectivity index is 1.25. The van der Waals surface area contributed by atoms with Crippen LogP contribution in [0.5, 0.6) is 0 Å². The molecular weight excluding hydrogens is 526 g/mol. The third kappa shape index (κ3) is 5.09. The molecule has 0 unspecified atom stereocenters. The Labute approximate surface area is 236 Å². The number of fused-ring (bicyclic) bond motifs is 2. The van der Waals surface area contributed by atoms with Crippen LogP contribution in [0.25, 0.3) is 11.1 Å². The van der Waals surface area contributed by atoms with Gasteiger partial charge in [0.15, 0.2) is 0 Å². The van der Waals surface area contributed by atoms with E-state index in [9.17, 15) is 14.4 Å². The predicted molar refractivity (Wildman–Crippen MR) is 155 cm³/mol. The first-order valence-electron chi connectivity index (χ1n) is 13.0. The zero-order valence-corrected chi connectivity index (χ0v) is 22.3. The van der Waals surface area contributed by atoms with Gasteiger partial charge in [-0.05, 0) is 47.0 Å². The summed E-state index contributed by atoms with van der Waals surface area (Å²) in [5.74, 6) is -0.799. The van der Waals surface area contributed by atoms with Crippen molar-refractivity contribution in [3.63, 3.8) is 0 Å². The Morgan fingerprint density at radius 3 is 2.42 bits per heavy atom. The molecule has 8 heteroatoms. The lowest BCUT2D eigenvalue weighted by atomic mass is 9.99. The number of cyclic esters (lactones) is 1. The summed E-state index contributed by atoms with van der Waals surface area (Å²) in [6.07, 6.45) is 0. The fourth-order valence-electron chi connectivity index (χ4n) is 5.28. The van der Waals surface area contributed by atoms with E-state index in [1.165, 1.54) is 0 Å². The summed E-state index contributed by atoms with van der Waals surface area (Å²) in [7, 11) is 0. The zero-order valence-electron chi connectivity index (χ0n) is 21.5. The van der Waals surface area contributed by atoms with Crippen LogP contribution in [-0.4, -0.2) is 48.4 Å². The first-order chi connectivity index (χ1) is 19.5. The third-order valence-electron chi connectivity index (χ3n) is 7.29. The van der Waals surface area contributed by atoms with Gasteiger partial charge < -0.3 is 15.0 Å². The minimum Gasteiger partial charge on any atom is -0.463 e. The van der Waals surface area contributed by atoms with Gasteiger partial charge in [-0.25, -0.2) is 0 Å². The molecule has 0 aliphatic carbocycles. The van der Waals surface area contributed by atoms with E-state index in [0.29, 0.717) is 29.9 Å². The lowest BCUT2D eigenvalue weighted by Gasteiger charge is -2.34. The summed E-state index contributed by atoms with van der Waals surface area (Å²) < 4.78 is 5.30. The highest BCUT2D eigenvalue weighted by atomic mass is 35.5. The molecule has 40 heavy (non-hydrogen) atoms. The second-order valence-corrected chi connectivity index (χ2v) is 10.3. The average Bonchev–Trinajstić information content (AvgIpc) is 3.14. The minimum absolute atomic E-state index is 0.129. The van der Waals surface area contributed by atoms with Crippen LogP contribution in [0.3, 0.4) is 0 Å². The number of nitrogens with zero attached hydrogens (tertiary/aromatic N) is 2. The molecule has 4 aromatic rings. The highest BCUT2D eigenvalue weighted by Gasteiger charge is 2.36. The van der Waals surface area contributed by atoms with E-state index in [-0.39, 0.29) is 42.0 Å². The molecule has 7 nitrogen and oxygen atoms in total. The lowest BCUT2D eigenvalue weighted by molar-refractivity contribution is -0.154. The number of amides is 2. The molecule has 6 rings (SSSR count). The van der Waals surface area contributed by atoms with Crippen molar-refractivity contribution >= 4 is 40.8 Å². The standard InChI is InChI=1S/C32H26ClN3O4/c33-28-16-23(34-31(38)26-12-6-5-11-25(26)21-8-2-1-3-9-21)14-15-27(28)32(39)36-18-24-20-40-30(37)19-35(24)17-22-10-4-7-13-29(22)36/h1-16,24H,17-20H2,(H,34,38)/t24-/m0/s1. The second-order valence-electron chi connectivity index (χ2n) is 9.85. The Morgan fingerprint density at radius 1 is 0.850 bits per heavy atom. The highest BCUT2D eigenvalue weighted by Crippen LogP contribution is 2.32. The van der Waals surface area contributed by atoms with Gasteiger partial charge in [0.25, 0.3) is 11.8 Å². The first-order valence-corrected chi connectivity index (χ1v) is 13.4. The number of halogens is 1. The maximum atomic E-state index is 13.9. The normalized spacial score (nSPS) is 16.8. The molecule has 0 aromatic heterocycles. The Morgan fingerprint density at radius 2 is 1.60 bits per heavy atom. The number of anilines is 2. The summed E-state index contributed by atoms with van der Waals surface area (Å²) in [5, 5.41) is 3.15. The first kappa shape index (κ1) is 25.8. The molecule has 2 aliphatic rings. The number of para-hydroxylation sites is 1. The number of rotatable bonds is 4. The number of esters is 1. The van der Waals surface area contributed by atoms with Gasteiger partial charge in [-0.3, -0.25) is 19.3 Å². The molecule has 0 radical (unpaired) electrons. The minimum atomic E-state index is -0.275. The summed E-state index contributed by atoms with van der Waals surface area (Å²) >= 11 is 6.65. The van der Waals surface area contributed by atoms with Crippen LogP contribution in [-0.2, 0) is 16.1 Å². The van der Waals surface area contributed by atoms with Crippen molar-refractivity contribution in [2.24, 2.45) is 0 Å². The average molecular weight is 552 g/mol. The van der Waals surface area contributed by atoms with E-state index in [1.807, 2.05) is 77.7 Å². The Hall–Kier alpha value is -4.46. The van der Waals surface area contributed by atoms with Gasteiger partial charge in [-0.2, -0.15) is 0 Å². The molecule has 2 aliphatic heterocycles. The van der Waals surface area contributed by atoms with Crippen LogP contribution in [0.1, 0.15) is 26.3 Å². The number of carbonyl (C=O) groups excluding carboxylic acids is 3. The van der Waals surface area contributed by atoms with Gasteiger partial charge in [-0.1, -0.05) is 78.3 Å². The van der Waals surface area contributed by atoms with Gasteiger partial charge in [-0.15, -0.1) is 0 Å². The number of benzene rings is 4. The quantitative estimate of drug-likeness (QED) is 0.332. The van der Waals surface area contributed by atoms with E-state index in [0.717, 1.165) is 22.4 Å². The van der Waals surface area contributed by atoms with Gasteiger partial charge in [0.2, 0.25) is 0 Å². The van der Waals surface area contributed by atoms with Crippen molar-refractivity contribution in [1.82, 2.24) is 4.90 Å². The number of nitrogens with one attached hydrogen (secondary N) is 1. The van der Waals surface area contributed by atoms with E-state index in [2.05, 4.69) is 5.32 Å². The van der Waals surface area contributed by atoms with Crippen molar-refractivity contribution in [3.05, 3.63) is 119 Å². The van der Waals surface area contributed by atoms with Crippen molar-refractivity contribution in [1.29, 1.82) is 0 Å². The number of carbonyl (C=O) groups is 3. The van der Waals surface area contributed by atoms with E-state index < -0.39 is 0 Å². The molecule has 1 saturated heterocycles. The van der Waals surface area contributed by atoms with Crippen LogP contribution in [0.4, 0.5) is 11.4 Å². The molecule has 1 fully saturated rings. The maximum absolute atomic E-state index is 13.9. The SMILES string of the molecule is O=C1CN2Cc3ccccc3N(C(=O)c3ccc(NC(=O)c4ccccc4-c4ccccc4)cc3Cl)C[C@H]2CO1. The smallest absolute Gasteiger partial charge is 0.320 e. The molecule has 1 N–H and O–H groups in total. The molecule has 0 bridgehead atoms. The summed E-state index contributed by atoms with van der Waals surface area (Å²) in [4.78, 5) is 42.8. The van der Waals surface area contributed by atoms with Crippen LogP contribution in [0.2, 0.25) is 5.02 Å². The predicted octanol–water partition coefficient (Wildman–Crippen LogP) is 5.65. The summed E-state index contributed by atoms with van der Waals surface area (Å²) in [6.45, 7) is 1.31. The molecule has 2 heterocycles. The van der Waals surface area contributed by atoms with E-state index in [4.69, 9.17) is 16.3 Å². The molecule has 0 spiro atoms. The fourth-order valence-corrected chi connectivity index (χ4v) is 5.54. The Kier molecular flexibility index (Phi) is 7.07. The van der Waals surface area contributed by atoms with Gasteiger partial charge in [0.05, 0.1) is 23.2 Å². The van der Waals surface area contributed by atoms with Crippen LogP contribution >= 0.6 is 11.6 Å². The zero-order chi connectivity index (χ0) is 27.6. The molecular formula is C32H26ClN3O4. The number of morpholine rings is 1. The van der Waals surface area contributed by atoms with Crippen LogP contribution in [0.15, 0.2) is 97.1 Å². The second kappa shape index (κ2) is 11.0.